The number of para-hydroxylation sites is 1. The van der Waals surface area contributed by atoms with Crippen molar-refractivity contribution in [3.05, 3.63) is 114 Å². The lowest BCUT2D eigenvalue weighted by atomic mass is 9.94. The molecule has 5 rings (SSSR count). The third-order valence-corrected chi connectivity index (χ3v) is 5.06. The first kappa shape index (κ1) is 16.5. The summed E-state index contributed by atoms with van der Waals surface area (Å²) in [6.45, 7) is 0. The molecule has 0 fully saturated rings. The predicted octanol–water partition coefficient (Wildman–Crippen LogP) is 5.85. The molecule has 4 aromatic rings. The molecule has 0 spiro atoms. The van der Waals surface area contributed by atoms with Crippen LogP contribution >= 0.6 is 0 Å². The Kier molecular flexibility index (Phi) is 4.19. The molecule has 0 amide bonds. The van der Waals surface area contributed by atoms with Crippen LogP contribution in [-0.2, 0) is 0 Å². The number of rotatable bonds is 3. The number of aromatic nitrogens is 1. The van der Waals surface area contributed by atoms with Crippen LogP contribution in [0.5, 0.6) is 0 Å². The van der Waals surface area contributed by atoms with E-state index < -0.39 is 0 Å². The molecule has 1 aliphatic heterocycles. The minimum atomic E-state index is 0.728. The smallest absolute Gasteiger partial charge is 0.0932 e. The topological polar surface area (TPSA) is 40.5 Å². The van der Waals surface area contributed by atoms with Crippen molar-refractivity contribution in [3.8, 4) is 0 Å². The van der Waals surface area contributed by atoms with Crippen LogP contribution in [-0.4, -0.2) is 16.4 Å². The van der Waals surface area contributed by atoms with Crippen molar-refractivity contribution in [2.75, 3.05) is 0 Å². The van der Waals surface area contributed by atoms with Crippen LogP contribution in [0.25, 0.3) is 16.5 Å². The Morgan fingerprint density at radius 3 is 2.14 bits per heavy atom. The van der Waals surface area contributed by atoms with Gasteiger partial charge in [-0.15, -0.1) is 0 Å². The van der Waals surface area contributed by atoms with Crippen molar-refractivity contribution in [1.29, 1.82) is 0 Å². The minimum absolute atomic E-state index is 0.728. The fraction of sp³-hybridized carbons (Fsp3) is 0.0400. The van der Waals surface area contributed by atoms with Crippen molar-refractivity contribution < 1.29 is 0 Å². The molecule has 3 heteroatoms. The van der Waals surface area contributed by atoms with Gasteiger partial charge in [-0.3, -0.25) is 0 Å². The average Bonchev–Trinajstić information content (AvgIpc) is 3.07. The van der Waals surface area contributed by atoms with Gasteiger partial charge in [0, 0.05) is 34.6 Å². The van der Waals surface area contributed by atoms with Gasteiger partial charge in [0.15, 0.2) is 0 Å². The highest BCUT2D eigenvalue weighted by Gasteiger charge is 2.17. The standard InChI is InChI=1S/C25H19N3/c1-3-9-18(10-4-1)24-15-20(22-17-26-23-14-8-7-13-21(22)23)16-25(28-27-24)19-11-5-2-6-12-19/h1-15,17,26H,16H2. The molecule has 1 N–H and O–H groups in total. The molecule has 28 heavy (non-hydrogen) atoms. The zero-order chi connectivity index (χ0) is 18.8. The van der Waals surface area contributed by atoms with Gasteiger partial charge in [-0.05, 0) is 23.3 Å². The van der Waals surface area contributed by atoms with E-state index in [0.717, 1.165) is 34.5 Å². The maximum atomic E-state index is 4.63. The number of hydrogen-bond acceptors (Lipinski definition) is 2. The second-order valence-electron chi connectivity index (χ2n) is 6.86. The first-order valence-electron chi connectivity index (χ1n) is 9.41. The van der Waals surface area contributed by atoms with E-state index in [4.69, 9.17) is 0 Å². The molecule has 2 heterocycles. The Balaban J connectivity index is 1.67. The Morgan fingerprint density at radius 1 is 0.679 bits per heavy atom. The lowest BCUT2D eigenvalue weighted by Gasteiger charge is -2.08. The maximum Gasteiger partial charge on any atom is 0.0932 e. The first-order chi connectivity index (χ1) is 13.9. The summed E-state index contributed by atoms with van der Waals surface area (Å²) >= 11 is 0. The molecule has 3 aromatic carbocycles. The molecule has 1 aromatic heterocycles. The zero-order valence-corrected chi connectivity index (χ0v) is 15.3. The van der Waals surface area contributed by atoms with Gasteiger partial charge >= 0.3 is 0 Å². The lowest BCUT2D eigenvalue weighted by Crippen LogP contribution is -2.01. The molecule has 0 unspecified atom stereocenters. The van der Waals surface area contributed by atoms with E-state index >= 15 is 0 Å². The Morgan fingerprint density at radius 2 is 1.36 bits per heavy atom. The molecular formula is C25H19N3. The zero-order valence-electron chi connectivity index (χ0n) is 15.3. The molecule has 0 saturated carbocycles. The summed E-state index contributed by atoms with van der Waals surface area (Å²) in [5, 5.41) is 10.5. The highest BCUT2D eigenvalue weighted by molar-refractivity contribution is 6.18. The summed E-state index contributed by atoms with van der Waals surface area (Å²) in [5.41, 5.74) is 7.57. The molecule has 0 bridgehead atoms. The fourth-order valence-corrected chi connectivity index (χ4v) is 3.63. The van der Waals surface area contributed by atoms with Crippen LogP contribution in [0.3, 0.4) is 0 Å². The Labute approximate surface area is 163 Å². The first-order valence-corrected chi connectivity index (χ1v) is 9.41. The summed E-state index contributed by atoms with van der Waals surface area (Å²) in [6, 6.07) is 28.9. The fourth-order valence-electron chi connectivity index (χ4n) is 3.63. The summed E-state index contributed by atoms with van der Waals surface area (Å²) in [7, 11) is 0. The second-order valence-corrected chi connectivity index (χ2v) is 6.86. The molecule has 3 nitrogen and oxygen atoms in total. The molecular weight excluding hydrogens is 342 g/mol. The minimum Gasteiger partial charge on any atom is -0.361 e. The molecule has 0 saturated heterocycles. The quantitative estimate of drug-likeness (QED) is 0.476. The molecule has 0 aliphatic carbocycles. The van der Waals surface area contributed by atoms with Gasteiger partial charge < -0.3 is 4.98 Å². The number of nitrogens with one attached hydrogen (secondary N) is 1. The van der Waals surface area contributed by atoms with Crippen LogP contribution in [0.2, 0.25) is 0 Å². The van der Waals surface area contributed by atoms with Crippen LogP contribution in [0.1, 0.15) is 23.1 Å². The third-order valence-electron chi connectivity index (χ3n) is 5.06. The van der Waals surface area contributed by atoms with Crippen molar-refractivity contribution in [1.82, 2.24) is 4.98 Å². The second kappa shape index (κ2) is 7.12. The maximum absolute atomic E-state index is 4.63. The van der Waals surface area contributed by atoms with E-state index in [0.29, 0.717) is 0 Å². The predicted molar refractivity (Wildman–Crippen MR) is 117 cm³/mol. The largest absolute Gasteiger partial charge is 0.361 e. The van der Waals surface area contributed by atoms with Gasteiger partial charge in [0.05, 0.1) is 11.4 Å². The highest BCUT2D eigenvalue weighted by Crippen LogP contribution is 2.30. The normalized spacial score (nSPS) is 14.2. The number of fused-ring (bicyclic) bond motifs is 1. The molecule has 0 radical (unpaired) electrons. The lowest BCUT2D eigenvalue weighted by molar-refractivity contribution is 1.22. The number of benzene rings is 3. The summed E-state index contributed by atoms with van der Waals surface area (Å²) in [4.78, 5) is 3.39. The Hall–Kier alpha value is -3.72. The van der Waals surface area contributed by atoms with E-state index in [1.165, 1.54) is 16.5 Å². The highest BCUT2D eigenvalue weighted by atomic mass is 15.2. The number of hydrogen-bond donors (Lipinski definition) is 1. The van der Waals surface area contributed by atoms with Gasteiger partial charge in [-0.25, -0.2) is 0 Å². The van der Waals surface area contributed by atoms with E-state index in [1.54, 1.807) is 0 Å². The van der Waals surface area contributed by atoms with Crippen LogP contribution in [0, 0.1) is 0 Å². The average molecular weight is 361 g/mol. The van der Waals surface area contributed by atoms with Gasteiger partial charge in [-0.1, -0.05) is 78.9 Å². The van der Waals surface area contributed by atoms with Gasteiger partial charge in [0.1, 0.15) is 0 Å². The van der Waals surface area contributed by atoms with Crippen LogP contribution in [0.4, 0.5) is 0 Å². The number of allylic oxidation sites excluding steroid dienone is 2. The molecule has 0 atom stereocenters. The van der Waals surface area contributed by atoms with Gasteiger partial charge in [-0.2, -0.15) is 10.2 Å². The van der Waals surface area contributed by atoms with Gasteiger partial charge in [0.2, 0.25) is 0 Å². The van der Waals surface area contributed by atoms with Crippen molar-refractivity contribution in [2.45, 2.75) is 6.42 Å². The van der Waals surface area contributed by atoms with Crippen molar-refractivity contribution in [2.24, 2.45) is 10.2 Å². The summed E-state index contributed by atoms with van der Waals surface area (Å²) in [6.07, 6.45) is 4.99. The summed E-state index contributed by atoms with van der Waals surface area (Å²) < 4.78 is 0. The van der Waals surface area contributed by atoms with E-state index in [-0.39, 0.29) is 0 Å². The third kappa shape index (κ3) is 3.08. The number of H-pyrrole nitrogens is 1. The number of nitrogens with zero attached hydrogens (tertiary/aromatic N) is 2. The van der Waals surface area contributed by atoms with Crippen molar-refractivity contribution in [3.63, 3.8) is 0 Å². The van der Waals surface area contributed by atoms with Crippen LogP contribution < -0.4 is 0 Å². The number of aromatic amines is 1. The van der Waals surface area contributed by atoms with E-state index in [1.807, 2.05) is 36.4 Å². The van der Waals surface area contributed by atoms with Crippen LogP contribution in [0.15, 0.2) is 107 Å². The van der Waals surface area contributed by atoms with E-state index in [9.17, 15) is 0 Å². The van der Waals surface area contributed by atoms with Gasteiger partial charge in [0.25, 0.3) is 0 Å². The van der Waals surface area contributed by atoms with E-state index in [2.05, 4.69) is 76.0 Å². The molecule has 1 aliphatic rings. The van der Waals surface area contributed by atoms with Crippen molar-refractivity contribution >= 4 is 27.9 Å². The monoisotopic (exact) mass is 361 g/mol. The molecule has 134 valence electrons. The Bertz CT molecular complexity index is 1210. The SMILES string of the molecule is C1=C(c2c[nH]c3ccccc23)CC(c2ccccc2)=NN=C1c1ccccc1. The summed E-state index contributed by atoms with van der Waals surface area (Å²) in [5.74, 6) is 0.